The zero-order valence-electron chi connectivity index (χ0n) is 8.24. The molecule has 6 nitrogen and oxygen atoms in total. The Kier molecular flexibility index (Phi) is 2.46. The second-order valence-electron chi connectivity index (χ2n) is 2.97. The van der Waals surface area contributed by atoms with E-state index in [-0.39, 0.29) is 11.7 Å². The number of carbonyl (C=O) groups is 1. The number of rotatable bonds is 2. The molecule has 2 N–H and O–H groups in total. The topological polar surface area (TPSA) is 83.6 Å². The number of hydrogen-bond donors (Lipinski definition) is 2. The Hall–Kier alpha value is -1.76. The number of amides is 1. The first-order valence-corrected chi connectivity index (χ1v) is 5.09. The van der Waals surface area contributed by atoms with E-state index in [0.29, 0.717) is 11.0 Å². The molecule has 0 aromatic carbocycles. The molecule has 0 fully saturated rings. The Morgan fingerprint density at radius 3 is 2.87 bits per heavy atom. The molecule has 2 rings (SSSR count). The molecule has 7 heteroatoms. The summed E-state index contributed by atoms with van der Waals surface area (Å²) in [7, 11) is 0. The molecule has 0 aliphatic heterocycles. The Morgan fingerprint density at radius 1 is 1.53 bits per heavy atom. The minimum Gasteiger partial charge on any atom is -0.295 e. The first-order valence-electron chi connectivity index (χ1n) is 4.28. The van der Waals surface area contributed by atoms with Crippen LogP contribution in [0.1, 0.15) is 21.3 Å². The third kappa shape index (κ3) is 2.18. The molecule has 78 valence electrons. The van der Waals surface area contributed by atoms with Crippen LogP contribution in [0.2, 0.25) is 0 Å². The second kappa shape index (κ2) is 3.77. The van der Waals surface area contributed by atoms with Gasteiger partial charge in [0.25, 0.3) is 5.91 Å². The van der Waals surface area contributed by atoms with Crippen LogP contribution in [0.15, 0.2) is 6.20 Å². The number of H-pyrrole nitrogens is 1. The normalized spacial score (nSPS) is 10.3. The lowest BCUT2D eigenvalue weighted by Gasteiger charge is -1.95. The predicted molar refractivity (Wildman–Crippen MR) is 55.9 cm³/mol. The lowest BCUT2D eigenvalue weighted by atomic mass is 10.5. The average molecular weight is 223 g/mol. The highest BCUT2D eigenvalue weighted by molar-refractivity contribution is 7.15. The lowest BCUT2D eigenvalue weighted by molar-refractivity contribution is 0.101. The van der Waals surface area contributed by atoms with Crippen molar-refractivity contribution < 1.29 is 4.79 Å². The average Bonchev–Trinajstić information content (AvgIpc) is 2.75. The smallest absolute Gasteiger partial charge is 0.295 e. The molecule has 0 bridgehead atoms. The van der Waals surface area contributed by atoms with Crippen LogP contribution in [0.25, 0.3) is 0 Å². The van der Waals surface area contributed by atoms with Gasteiger partial charge in [-0.2, -0.15) is 0 Å². The van der Waals surface area contributed by atoms with E-state index < -0.39 is 0 Å². The molecule has 1 amide bonds. The molecule has 15 heavy (non-hydrogen) atoms. The number of nitrogens with zero attached hydrogens (tertiary/aromatic N) is 3. The largest absolute Gasteiger partial charge is 0.297 e. The number of thiazole rings is 1. The maximum atomic E-state index is 11.5. The number of nitrogens with one attached hydrogen (secondary N) is 2. The van der Waals surface area contributed by atoms with Crippen molar-refractivity contribution in [3.05, 3.63) is 22.7 Å². The van der Waals surface area contributed by atoms with Gasteiger partial charge in [0.05, 0.1) is 0 Å². The molecule has 0 radical (unpaired) electrons. The minimum absolute atomic E-state index is 0.125. The van der Waals surface area contributed by atoms with Crippen LogP contribution in [-0.2, 0) is 0 Å². The molecule has 0 saturated carbocycles. The van der Waals surface area contributed by atoms with Crippen molar-refractivity contribution in [2.45, 2.75) is 13.8 Å². The number of aromatic amines is 1. The van der Waals surface area contributed by atoms with Crippen molar-refractivity contribution in [3.8, 4) is 0 Å². The van der Waals surface area contributed by atoms with E-state index in [1.165, 1.54) is 11.3 Å². The molecular weight excluding hydrogens is 214 g/mol. The number of aromatic nitrogens is 4. The van der Waals surface area contributed by atoms with Crippen LogP contribution in [0.3, 0.4) is 0 Å². The Bertz CT molecular complexity index is 489. The second-order valence-corrected chi connectivity index (χ2v) is 4.21. The van der Waals surface area contributed by atoms with Crippen molar-refractivity contribution in [2.24, 2.45) is 0 Å². The Balaban J connectivity index is 2.10. The summed E-state index contributed by atoms with van der Waals surface area (Å²) in [6.07, 6.45) is 1.70. The van der Waals surface area contributed by atoms with Crippen molar-refractivity contribution in [2.75, 3.05) is 5.32 Å². The highest BCUT2D eigenvalue weighted by Gasteiger charge is 2.12. The maximum Gasteiger partial charge on any atom is 0.297 e. The summed E-state index contributed by atoms with van der Waals surface area (Å²) in [5.41, 5.74) is 0. The highest BCUT2D eigenvalue weighted by Crippen LogP contribution is 2.16. The van der Waals surface area contributed by atoms with Gasteiger partial charge in [-0.1, -0.05) is 0 Å². The molecule has 0 unspecified atom stereocenters. The van der Waals surface area contributed by atoms with Crippen LogP contribution in [0.5, 0.6) is 0 Å². The van der Waals surface area contributed by atoms with Gasteiger partial charge in [-0.25, -0.2) is 9.97 Å². The van der Waals surface area contributed by atoms with E-state index >= 15 is 0 Å². The quantitative estimate of drug-likeness (QED) is 0.799. The number of anilines is 1. The number of carbonyl (C=O) groups excluding carboxylic acids is 1. The van der Waals surface area contributed by atoms with Crippen molar-refractivity contribution in [1.82, 2.24) is 20.2 Å². The molecule has 2 heterocycles. The standard InChI is InChI=1S/C8H9N5OS/c1-4-3-9-8(15-4)11-7(14)6-10-5(2)12-13-6/h3H,1-2H3,(H,9,11,14)(H,10,12,13). The van der Waals surface area contributed by atoms with Gasteiger partial charge in [0, 0.05) is 11.1 Å². The SMILES string of the molecule is Cc1nc(C(=O)Nc2ncc(C)s2)n[nH]1. The predicted octanol–water partition coefficient (Wildman–Crippen LogP) is 1.13. The van der Waals surface area contributed by atoms with Gasteiger partial charge in [0.2, 0.25) is 5.82 Å². The van der Waals surface area contributed by atoms with E-state index in [9.17, 15) is 4.79 Å². The summed E-state index contributed by atoms with van der Waals surface area (Å²) < 4.78 is 0. The first kappa shape index (κ1) is 9.78. The molecule has 0 aliphatic rings. The monoisotopic (exact) mass is 223 g/mol. The Labute approximate surface area is 89.8 Å². The maximum absolute atomic E-state index is 11.5. The van der Waals surface area contributed by atoms with E-state index in [2.05, 4.69) is 25.5 Å². The van der Waals surface area contributed by atoms with Gasteiger partial charge in [-0.05, 0) is 13.8 Å². The summed E-state index contributed by atoms with van der Waals surface area (Å²) in [5.74, 6) is 0.379. The zero-order chi connectivity index (χ0) is 10.8. The summed E-state index contributed by atoms with van der Waals surface area (Å²) >= 11 is 1.41. The molecule has 2 aromatic rings. The fraction of sp³-hybridized carbons (Fsp3) is 0.250. The molecule has 0 atom stereocenters. The van der Waals surface area contributed by atoms with Gasteiger partial charge in [0.1, 0.15) is 5.82 Å². The number of hydrogen-bond acceptors (Lipinski definition) is 5. The molecular formula is C8H9N5OS. The van der Waals surface area contributed by atoms with Crippen LogP contribution in [-0.4, -0.2) is 26.1 Å². The van der Waals surface area contributed by atoms with Crippen LogP contribution in [0, 0.1) is 13.8 Å². The van der Waals surface area contributed by atoms with Crippen LogP contribution < -0.4 is 5.32 Å². The van der Waals surface area contributed by atoms with Gasteiger partial charge in [0.15, 0.2) is 5.13 Å². The molecule has 0 aliphatic carbocycles. The lowest BCUT2D eigenvalue weighted by Crippen LogP contribution is -2.13. The van der Waals surface area contributed by atoms with Gasteiger partial charge < -0.3 is 0 Å². The van der Waals surface area contributed by atoms with Crippen molar-refractivity contribution in [3.63, 3.8) is 0 Å². The molecule has 2 aromatic heterocycles. The van der Waals surface area contributed by atoms with E-state index in [4.69, 9.17) is 0 Å². The Morgan fingerprint density at radius 2 is 2.33 bits per heavy atom. The molecule has 0 spiro atoms. The fourth-order valence-corrected chi connectivity index (χ4v) is 1.67. The van der Waals surface area contributed by atoms with Crippen LogP contribution >= 0.6 is 11.3 Å². The third-order valence-corrected chi connectivity index (χ3v) is 2.47. The minimum atomic E-state index is -0.353. The van der Waals surface area contributed by atoms with E-state index in [1.807, 2.05) is 6.92 Å². The zero-order valence-corrected chi connectivity index (χ0v) is 9.05. The first-order chi connectivity index (χ1) is 7.15. The van der Waals surface area contributed by atoms with Gasteiger partial charge in [-0.15, -0.1) is 16.4 Å². The van der Waals surface area contributed by atoms with E-state index in [0.717, 1.165) is 4.88 Å². The fourth-order valence-electron chi connectivity index (χ4n) is 1.01. The highest BCUT2D eigenvalue weighted by atomic mass is 32.1. The third-order valence-electron chi connectivity index (χ3n) is 1.64. The summed E-state index contributed by atoms with van der Waals surface area (Å²) in [4.78, 5) is 20.5. The summed E-state index contributed by atoms with van der Waals surface area (Å²) in [5, 5.41) is 9.52. The summed E-state index contributed by atoms with van der Waals surface area (Å²) in [6, 6.07) is 0. The van der Waals surface area contributed by atoms with E-state index in [1.54, 1.807) is 13.1 Å². The molecule has 0 saturated heterocycles. The van der Waals surface area contributed by atoms with Gasteiger partial charge >= 0.3 is 0 Å². The van der Waals surface area contributed by atoms with Crippen LogP contribution in [0.4, 0.5) is 5.13 Å². The van der Waals surface area contributed by atoms with Crippen molar-refractivity contribution >= 4 is 22.4 Å². The van der Waals surface area contributed by atoms with Crippen molar-refractivity contribution in [1.29, 1.82) is 0 Å². The van der Waals surface area contributed by atoms with Gasteiger partial charge in [-0.3, -0.25) is 15.2 Å². The summed E-state index contributed by atoms with van der Waals surface area (Å²) in [6.45, 7) is 3.65. The number of aryl methyl sites for hydroxylation is 2.